The fraction of sp³-hybridized carbons (Fsp3) is 0.345. The summed E-state index contributed by atoms with van der Waals surface area (Å²) in [6.45, 7) is 4.04. The lowest BCUT2D eigenvalue weighted by atomic mass is 9.64. The van der Waals surface area contributed by atoms with Crippen LogP contribution in [0.2, 0.25) is 0 Å². The maximum atomic E-state index is 13.2. The lowest BCUT2D eigenvalue weighted by molar-refractivity contribution is -0.123. The van der Waals surface area contributed by atoms with Crippen molar-refractivity contribution in [2.24, 2.45) is 11.7 Å². The van der Waals surface area contributed by atoms with Gasteiger partial charge in [0, 0.05) is 26.2 Å². The molecule has 1 fully saturated rings. The number of likely N-dealkylation sites (tertiary alicyclic amines) is 1. The molecule has 34 heavy (non-hydrogen) atoms. The van der Waals surface area contributed by atoms with Gasteiger partial charge in [0.1, 0.15) is 5.41 Å². The Labute approximate surface area is 202 Å². The molecule has 5 heteroatoms. The Morgan fingerprint density at radius 1 is 1.00 bits per heavy atom. The van der Waals surface area contributed by atoms with E-state index in [1.54, 1.807) is 0 Å². The molecule has 1 aliphatic heterocycles. The van der Waals surface area contributed by atoms with E-state index in [9.17, 15) is 9.90 Å². The number of benzene rings is 3. The number of rotatable bonds is 10. The van der Waals surface area contributed by atoms with E-state index < -0.39 is 11.5 Å². The molecule has 4 rings (SSSR count). The molecule has 0 bridgehead atoms. The molecule has 3 N–H and O–H groups in total. The van der Waals surface area contributed by atoms with Crippen LogP contribution in [0.3, 0.4) is 0 Å². The zero-order chi connectivity index (χ0) is 24.0. The zero-order valence-corrected chi connectivity index (χ0v) is 19.9. The number of primary amides is 1. The highest BCUT2D eigenvalue weighted by atomic mass is 16.3. The summed E-state index contributed by atoms with van der Waals surface area (Å²) in [4.78, 5) is 17.8. The minimum atomic E-state index is -0.854. The monoisotopic (exact) mass is 457 g/mol. The van der Waals surface area contributed by atoms with Crippen LogP contribution in [-0.4, -0.2) is 60.6 Å². The Hall–Kier alpha value is -2.99. The van der Waals surface area contributed by atoms with Crippen molar-refractivity contribution in [1.29, 1.82) is 0 Å². The van der Waals surface area contributed by atoms with Crippen molar-refractivity contribution >= 4 is 5.91 Å². The summed E-state index contributed by atoms with van der Waals surface area (Å²) < 4.78 is 0. The van der Waals surface area contributed by atoms with Crippen LogP contribution in [0.25, 0.3) is 0 Å². The molecule has 1 aliphatic rings. The fourth-order valence-corrected chi connectivity index (χ4v) is 5.39. The maximum absolute atomic E-state index is 13.2. The van der Waals surface area contributed by atoms with E-state index in [2.05, 4.69) is 9.80 Å². The Morgan fingerprint density at radius 3 is 2.06 bits per heavy atom. The number of hydrogen-bond donors (Lipinski definition) is 2. The third-order valence-electron chi connectivity index (χ3n) is 7.20. The molecule has 178 valence electrons. The summed E-state index contributed by atoms with van der Waals surface area (Å²) in [5.41, 5.74) is 8.21. The standard InChI is InChI=1S/C29H35N3O2/c1-31(22-27(33)23-11-5-2-6-12-23)19-20-32-18-17-26(21-32)29(28(30)34,24-13-7-3-8-14-24)25-15-9-4-10-16-25/h2-16,26-27,33H,17-22H2,1H3,(H2,30,34). The van der Waals surface area contributed by atoms with Gasteiger partial charge in [-0.15, -0.1) is 0 Å². The van der Waals surface area contributed by atoms with Gasteiger partial charge in [-0.1, -0.05) is 91.0 Å². The molecule has 0 aromatic heterocycles. The number of hydrogen-bond acceptors (Lipinski definition) is 4. The van der Waals surface area contributed by atoms with Gasteiger partial charge < -0.3 is 20.6 Å². The smallest absolute Gasteiger partial charge is 0.232 e. The van der Waals surface area contributed by atoms with Crippen molar-refractivity contribution in [3.05, 3.63) is 108 Å². The number of aliphatic hydroxyl groups is 1. The van der Waals surface area contributed by atoms with Crippen molar-refractivity contribution < 1.29 is 9.90 Å². The van der Waals surface area contributed by atoms with Crippen LogP contribution in [0.5, 0.6) is 0 Å². The molecular weight excluding hydrogens is 422 g/mol. The molecule has 2 unspecified atom stereocenters. The second-order valence-electron chi connectivity index (χ2n) is 9.38. The molecule has 0 saturated carbocycles. The van der Waals surface area contributed by atoms with Gasteiger partial charge in [0.25, 0.3) is 0 Å². The van der Waals surface area contributed by atoms with E-state index in [0.29, 0.717) is 6.54 Å². The molecule has 2 atom stereocenters. The lowest BCUT2D eigenvalue weighted by Crippen LogP contribution is -2.49. The van der Waals surface area contributed by atoms with E-state index in [4.69, 9.17) is 5.73 Å². The van der Waals surface area contributed by atoms with Crippen LogP contribution in [0.15, 0.2) is 91.0 Å². The Morgan fingerprint density at radius 2 is 1.53 bits per heavy atom. The number of nitrogens with zero attached hydrogens (tertiary/aromatic N) is 2. The van der Waals surface area contributed by atoms with E-state index >= 15 is 0 Å². The lowest BCUT2D eigenvalue weighted by Gasteiger charge is -2.37. The summed E-state index contributed by atoms with van der Waals surface area (Å²) in [5, 5.41) is 10.5. The van der Waals surface area contributed by atoms with Gasteiger partial charge in [-0.2, -0.15) is 0 Å². The highest BCUT2D eigenvalue weighted by molar-refractivity contribution is 5.91. The van der Waals surface area contributed by atoms with Gasteiger partial charge >= 0.3 is 0 Å². The van der Waals surface area contributed by atoms with Gasteiger partial charge in [0.15, 0.2) is 0 Å². The van der Waals surface area contributed by atoms with Crippen LogP contribution in [0, 0.1) is 5.92 Å². The van der Waals surface area contributed by atoms with Crippen LogP contribution >= 0.6 is 0 Å². The third kappa shape index (κ3) is 5.07. The normalized spacial score (nSPS) is 17.7. The molecule has 1 amide bonds. The van der Waals surface area contributed by atoms with Crippen LogP contribution in [-0.2, 0) is 10.2 Å². The average Bonchev–Trinajstić information content (AvgIpc) is 3.34. The van der Waals surface area contributed by atoms with Crippen LogP contribution < -0.4 is 5.73 Å². The quantitative estimate of drug-likeness (QED) is 0.489. The predicted octanol–water partition coefficient (Wildman–Crippen LogP) is 3.45. The number of nitrogens with two attached hydrogens (primary N) is 1. The highest BCUT2D eigenvalue weighted by Crippen LogP contribution is 2.43. The molecular formula is C29H35N3O2. The zero-order valence-electron chi connectivity index (χ0n) is 19.9. The summed E-state index contributed by atoms with van der Waals surface area (Å²) in [5.74, 6) is -0.199. The van der Waals surface area contributed by atoms with Gasteiger partial charge in [-0.25, -0.2) is 0 Å². The third-order valence-corrected chi connectivity index (χ3v) is 7.20. The molecule has 3 aromatic rings. The van der Waals surface area contributed by atoms with Crippen molar-refractivity contribution in [3.8, 4) is 0 Å². The predicted molar refractivity (Wildman–Crippen MR) is 136 cm³/mol. The first-order chi connectivity index (χ1) is 16.5. The molecule has 5 nitrogen and oxygen atoms in total. The number of carbonyl (C=O) groups is 1. The van der Waals surface area contributed by atoms with Crippen LogP contribution in [0.4, 0.5) is 0 Å². The Balaban J connectivity index is 1.46. The second kappa shape index (κ2) is 11.0. The summed E-state index contributed by atoms with van der Waals surface area (Å²) in [6.07, 6.45) is 0.402. The fourth-order valence-electron chi connectivity index (χ4n) is 5.39. The van der Waals surface area contributed by atoms with Crippen molar-refractivity contribution in [1.82, 2.24) is 9.80 Å². The van der Waals surface area contributed by atoms with Crippen molar-refractivity contribution in [2.45, 2.75) is 17.9 Å². The van der Waals surface area contributed by atoms with Gasteiger partial charge in [0.2, 0.25) is 5.91 Å². The van der Waals surface area contributed by atoms with Crippen molar-refractivity contribution in [2.75, 3.05) is 39.8 Å². The van der Waals surface area contributed by atoms with Crippen LogP contribution in [0.1, 0.15) is 29.2 Å². The molecule has 0 spiro atoms. The minimum absolute atomic E-state index is 0.0926. The summed E-state index contributed by atoms with van der Waals surface area (Å²) in [6, 6.07) is 29.8. The van der Waals surface area contributed by atoms with Gasteiger partial charge in [-0.3, -0.25) is 4.79 Å². The molecule has 1 heterocycles. The molecule has 1 saturated heterocycles. The average molecular weight is 458 g/mol. The first-order valence-electron chi connectivity index (χ1n) is 12.1. The molecule has 3 aromatic carbocycles. The largest absolute Gasteiger partial charge is 0.387 e. The van der Waals surface area contributed by atoms with Gasteiger partial charge in [0.05, 0.1) is 6.10 Å². The molecule has 0 aliphatic carbocycles. The minimum Gasteiger partial charge on any atom is -0.387 e. The summed E-state index contributed by atoms with van der Waals surface area (Å²) in [7, 11) is 2.04. The number of likely N-dealkylation sites (N-methyl/N-ethyl adjacent to an activating group) is 1. The van der Waals surface area contributed by atoms with Crippen molar-refractivity contribution in [3.63, 3.8) is 0 Å². The number of amides is 1. The first kappa shape index (κ1) is 24.1. The van der Waals surface area contributed by atoms with E-state index in [0.717, 1.165) is 49.3 Å². The van der Waals surface area contributed by atoms with E-state index in [-0.39, 0.29) is 11.8 Å². The Bertz CT molecular complexity index is 1000. The second-order valence-corrected chi connectivity index (χ2v) is 9.38. The van der Waals surface area contributed by atoms with E-state index in [1.165, 1.54) is 0 Å². The number of aliphatic hydroxyl groups excluding tert-OH is 1. The topological polar surface area (TPSA) is 69.8 Å². The highest BCUT2D eigenvalue weighted by Gasteiger charge is 2.49. The summed E-state index contributed by atoms with van der Waals surface area (Å²) >= 11 is 0. The number of carbonyl (C=O) groups excluding carboxylic acids is 1. The first-order valence-corrected chi connectivity index (χ1v) is 12.1. The Kier molecular flexibility index (Phi) is 7.78. The maximum Gasteiger partial charge on any atom is 0.232 e. The SMILES string of the molecule is CN(CCN1CCC(C(C(N)=O)(c2ccccc2)c2ccccc2)C1)CC(O)c1ccccc1. The van der Waals surface area contributed by atoms with Gasteiger partial charge in [-0.05, 0) is 42.6 Å². The van der Waals surface area contributed by atoms with E-state index in [1.807, 2.05) is 98.0 Å². The molecule has 0 radical (unpaired) electrons.